The van der Waals surface area contributed by atoms with Crippen molar-refractivity contribution in [3.05, 3.63) is 17.0 Å². The summed E-state index contributed by atoms with van der Waals surface area (Å²) in [6.45, 7) is 7.62. The van der Waals surface area contributed by atoms with Gasteiger partial charge in [0.1, 0.15) is 6.10 Å². The average molecular weight is 281 g/mol. The van der Waals surface area contributed by atoms with Gasteiger partial charge in [0.15, 0.2) is 0 Å². The van der Waals surface area contributed by atoms with Crippen molar-refractivity contribution < 1.29 is 14.3 Å². The van der Waals surface area contributed by atoms with Gasteiger partial charge in [0, 0.05) is 24.5 Å². The van der Waals surface area contributed by atoms with E-state index >= 15 is 0 Å². The summed E-state index contributed by atoms with van der Waals surface area (Å²) in [6.07, 6.45) is 1.09. The molecule has 0 saturated carbocycles. The van der Waals surface area contributed by atoms with Gasteiger partial charge in [0.05, 0.1) is 24.8 Å². The number of carbonyl (C=O) groups is 1. The van der Waals surface area contributed by atoms with Gasteiger partial charge < -0.3 is 14.8 Å². The minimum absolute atomic E-state index is 0.00852. The molecule has 1 aliphatic rings. The zero-order chi connectivity index (χ0) is 14.5. The van der Waals surface area contributed by atoms with Crippen molar-refractivity contribution in [2.45, 2.75) is 45.8 Å². The number of aromatic amines is 1. The Balaban J connectivity index is 1.93. The molecule has 20 heavy (non-hydrogen) atoms. The molecule has 6 heteroatoms. The fourth-order valence-corrected chi connectivity index (χ4v) is 2.51. The second-order valence-corrected chi connectivity index (χ2v) is 5.12. The highest BCUT2D eigenvalue weighted by molar-refractivity contribution is 5.79. The Hall–Kier alpha value is -1.40. The first-order chi connectivity index (χ1) is 9.61. The first-order valence-corrected chi connectivity index (χ1v) is 7.11. The summed E-state index contributed by atoms with van der Waals surface area (Å²) in [6, 6.07) is 0.0312. The number of ether oxygens (including phenoxy) is 2. The zero-order valence-electron chi connectivity index (χ0n) is 12.4. The molecule has 1 fully saturated rings. The second kappa shape index (κ2) is 6.85. The van der Waals surface area contributed by atoms with Crippen LogP contribution >= 0.6 is 0 Å². The third-order valence-corrected chi connectivity index (χ3v) is 3.65. The Kier molecular flexibility index (Phi) is 5.14. The SMILES string of the molecule is CCO[C@@H]1COCC[C@H]1NC(=O)Cc1c(C)n[nH]c1C. The van der Waals surface area contributed by atoms with Gasteiger partial charge in [-0.05, 0) is 27.2 Å². The van der Waals surface area contributed by atoms with Gasteiger partial charge in [-0.2, -0.15) is 5.10 Å². The van der Waals surface area contributed by atoms with Gasteiger partial charge in [-0.15, -0.1) is 0 Å². The molecule has 0 radical (unpaired) electrons. The third-order valence-electron chi connectivity index (χ3n) is 3.65. The van der Waals surface area contributed by atoms with Crippen LogP contribution in [0, 0.1) is 13.8 Å². The van der Waals surface area contributed by atoms with E-state index in [1.807, 2.05) is 20.8 Å². The Morgan fingerprint density at radius 2 is 2.35 bits per heavy atom. The van der Waals surface area contributed by atoms with Crippen LogP contribution in [0.5, 0.6) is 0 Å². The van der Waals surface area contributed by atoms with Crippen molar-refractivity contribution in [1.82, 2.24) is 15.5 Å². The van der Waals surface area contributed by atoms with Gasteiger partial charge in [-0.1, -0.05) is 0 Å². The first-order valence-electron chi connectivity index (χ1n) is 7.11. The molecule has 0 unspecified atom stereocenters. The summed E-state index contributed by atoms with van der Waals surface area (Å²) in [7, 11) is 0. The summed E-state index contributed by atoms with van der Waals surface area (Å²) in [5, 5.41) is 10.1. The molecule has 1 aromatic rings. The highest BCUT2D eigenvalue weighted by atomic mass is 16.5. The van der Waals surface area contributed by atoms with Crippen LogP contribution in [0.4, 0.5) is 0 Å². The van der Waals surface area contributed by atoms with Gasteiger partial charge in [-0.3, -0.25) is 9.89 Å². The lowest BCUT2D eigenvalue weighted by Gasteiger charge is -2.31. The smallest absolute Gasteiger partial charge is 0.224 e. The van der Waals surface area contributed by atoms with Crippen molar-refractivity contribution >= 4 is 5.91 Å². The number of hydrogen-bond acceptors (Lipinski definition) is 4. The van der Waals surface area contributed by atoms with Crippen LogP contribution in [0.3, 0.4) is 0 Å². The molecule has 2 N–H and O–H groups in total. The molecule has 0 spiro atoms. The zero-order valence-corrected chi connectivity index (χ0v) is 12.4. The van der Waals surface area contributed by atoms with Gasteiger partial charge in [0.2, 0.25) is 5.91 Å². The Morgan fingerprint density at radius 1 is 1.55 bits per heavy atom. The summed E-state index contributed by atoms with van der Waals surface area (Å²) in [5.74, 6) is 0.00852. The second-order valence-electron chi connectivity index (χ2n) is 5.12. The molecule has 2 rings (SSSR count). The van der Waals surface area contributed by atoms with Crippen LogP contribution in [0.2, 0.25) is 0 Å². The van der Waals surface area contributed by atoms with Crippen LogP contribution < -0.4 is 5.32 Å². The molecule has 2 heterocycles. The Labute approximate surface area is 119 Å². The predicted molar refractivity (Wildman–Crippen MR) is 74.5 cm³/mol. The van der Waals surface area contributed by atoms with Crippen LogP contribution in [-0.2, 0) is 20.7 Å². The molecular weight excluding hydrogens is 258 g/mol. The van der Waals surface area contributed by atoms with E-state index in [-0.39, 0.29) is 18.1 Å². The monoisotopic (exact) mass is 281 g/mol. The maximum absolute atomic E-state index is 12.2. The number of nitrogens with zero attached hydrogens (tertiary/aromatic N) is 1. The number of aryl methyl sites for hydroxylation is 2. The number of amides is 1. The highest BCUT2D eigenvalue weighted by Gasteiger charge is 2.27. The Morgan fingerprint density at radius 3 is 3.00 bits per heavy atom. The summed E-state index contributed by atoms with van der Waals surface area (Å²) < 4.78 is 11.0. The summed E-state index contributed by atoms with van der Waals surface area (Å²) in [4.78, 5) is 12.2. The van der Waals surface area contributed by atoms with E-state index in [0.29, 0.717) is 26.2 Å². The molecule has 1 aromatic heterocycles. The molecule has 6 nitrogen and oxygen atoms in total. The number of hydrogen-bond donors (Lipinski definition) is 2. The van der Waals surface area contributed by atoms with E-state index in [4.69, 9.17) is 9.47 Å². The standard InChI is InChI=1S/C14H23N3O3/c1-4-20-13-8-19-6-5-12(13)15-14(18)7-11-9(2)16-17-10(11)3/h12-13H,4-8H2,1-3H3,(H,15,18)(H,16,17)/t12-,13-/m1/s1. The largest absolute Gasteiger partial charge is 0.379 e. The van der Waals surface area contributed by atoms with E-state index in [2.05, 4.69) is 15.5 Å². The molecule has 2 atom stereocenters. The van der Waals surface area contributed by atoms with Gasteiger partial charge in [-0.25, -0.2) is 0 Å². The highest BCUT2D eigenvalue weighted by Crippen LogP contribution is 2.13. The fraction of sp³-hybridized carbons (Fsp3) is 0.714. The summed E-state index contributed by atoms with van der Waals surface area (Å²) in [5.41, 5.74) is 2.81. The maximum atomic E-state index is 12.2. The van der Waals surface area contributed by atoms with Gasteiger partial charge in [0.25, 0.3) is 0 Å². The predicted octanol–water partition coefficient (Wildman–Crippen LogP) is 0.879. The molecule has 0 aromatic carbocycles. The Bertz CT molecular complexity index is 437. The van der Waals surface area contributed by atoms with Crippen LogP contribution in [-0.4, -0.2) is 48.1 Å². The normalized spacial score (nSPS) is 22.8. The van der Waals surface area contributed by atoms with E-state index in [1.165, 1.54) is 0 Å². The fourth-order valence-electron chi connectivity index (χ4n) is 2.51. The lowest BCUT2D eigenvalue weighted by atomic mass is 10.0. The number of carbonyl (C=O) groups excluding carboxylic acids is 1. The number of aromatic nitrogens is 2. The van der Waals surface area contributed by atoms with Crippen molar-refractivity contribution in [2.75, 3.05) is 19.8 Å². The van der Waals surface area contributed by atoms with Crippen molar-refractivity contribution in [3.8, 4) is 0 Å². The average Bonchev–Trinajstić information content (AvgIpc) is 2.73. The van der Waals surface area contributed by atoms with Crippen LogP contribution in [0.15, 0.2) is 0 Å². The molecule has 1 saturated heterocycles. The molecule has 112 valence electrons. The van der Waals surface area contributed by atoms with E-state index in [1.54, 1.807) is 0 Å². The quantitative estimate of drug-likeness (QED) is 0.840. The number of H-pyrrole nitrogens is 1. The maximum Gasteiger partial charge on any atom is 0.224 e. The lowest BCUT2D eigenvalue weighted by molar-refractivity contribution is -0.125. The number of nitrogens with one attached hydrogen (secondary N) is 2. The van der Waals surface area contributed by atoms with E-state index in [9.17, 15) is 4.79 Å². The lowest BCUT2D eigenvalue weighted by Crippen LogP contribution is -2.50. The van der Waals surface area contributed by atoms with Crippen molar-refractivity contribution in [3.63, 3.8) is 0 Å². The van der Waals surface area contributed by atoms with Crippen LogP contribution in [0.1, 0.15) is 30.3 Å². The molecular formula is C14H23N3O3. The number of rotatable bonds is 5. The third kappa shape index (κ3) is 3.58. The van der Waals surface area contributed by atoms with E-state index in [0.717, 1.165) is 23.4 Å². The molecule has 0 bridgehead atoms. The minimum atomic E-state index is -0.0516. The summed E-state index contributed by atoms with van der Waals surface area (Å²) >= 11 is 0. The van der Waals surface area contributed by atoms with Gasteiger partial charge >= 0.3 is 0 Å². The molecule has 0 aliphatic carbocycles. The molecule has 1 amide bonds. The first kappa shape index (κ1) is 15.0. The minimum Gasteiger partial charge on any atom is -0.379 e. The van der Waals surface area contributed by atoms with E-state index < -0.39 is 0 Å². The van der Waals surface area contributed by atoms with Crippen molar-refractivity contribution in [1.29, 1.82) is 0 Å². The molecule has 1 aliphatic heterocycles. The van der Waals surface area contributed by atoms with Crippen molar-refractivity contribution in [2.24, 2.45) is 0 Å². The topological polar surface area (TPSA) is 76.2 Å². The van der Waals surface area contributed by atoms with Crippen LogP contribution in [0.25, 0.3) is 0 Å².